The van der Waals surface area contributed by atoms with Crippen molar-refractivity contribution in [2.45, 2.75) is 20.1 Å². The molecule has 11 heavy (non-hydrogen) atoms. The Labute approximate surface area is 66.3 Å². The molecule has 0 rings (SSSR count). The molecule has 1 atom stereocenters. The zero-order chi connectivity index (χ0) is 9.07. The second-order valence-electron chi connectivity index (χ2n) is 1.98. The number of halogens is 1. The van der Waals surface area contributed by atoms with E-state index in [0.717, 1.165) is 0 Å². The number of hydrogen-bond acceptors (Lipinski definition) is 3. The first kappa shape index (κ1) is 10.8. The highest BCUT2D eigenvalue weighted by Gasteiger charge is 2.24. The topological polar surface area (TPSA) is 46.6 Å². The van der Waals surface area contributed by atoms with Gasteiger partial charge in [0.15, 0.2) is 0 Å². The summed E-state index contributed by atoms with van der Waals surface area (Å²) in [7, 11) is -3.30. The molecule has 68 valence electrons. The van der Waals surface area contributed by atoms with E-state index in [4.69, 9.17) is 0 Å². The van der Waals surface area contributed by atoms with Crippen molar-refractivity contribution in [1.29, 1.82) is 0 Å². The van der Waals surface area contributed by atoms with Gasteiger partial charge in [-0.2, -0.15) is 8.42 Å². The molecule has 0 N–H and O–H groups in total. The molecule has 4 nitrogen and oxygen atoms in total. The van der Waals surface area contributed by atoms with Gasteiger partial charge < -0.3 is 4.74 Å². The van der Waals surface area contributed by atoms with Gasteiger partial charge in [-0.1, -0.05) is 10.8 Å². The largest absolute Gasteiger partial charge is 0.376 e. The lowest BCUT2D eigenvalue weighted by molar-refractivity contribution is 0.0301. The molecule has 0 aromatic carbocycles. The molecule has 0 saturated carbocycles. The maximum Gasteiger partial charge on any atom is 0.376 e. The van der Waals surface area contributed by atoms with Crippen molar-refractivity contribution < 1.29 is 17.0 Å². The average molecular weight is 185 g/mol. The van der Waals surface area contributed by atoms with Gasteiger partial charge in [-0.05, 0) is 6.92 Å². The smallest absolute Gasteiger partial charge is 0.366 e. The Kier molecular flexibility index (Phi) is 3.91. The zero-order valence-corrected chi connectivity index (χ0v) is 7.56. The van der Waals surface area contributed by atoms with E-state index in [1.54, 1.807) is 0 Å². The minimum absolute atomic E-state index is 0.0633. The standard InChI is InChI=1S/C5H12FNO3S/c1-4-7(5(2)10-3)11(6,8)9/h5H,4H2,1-3H3. The maximum absolute atomic E-state index is 12.3. The lowest BCUT2D eigenvalue weighted by atomic mass is 10.6. The summed E-state index contributed by atoms with van der Waals surface area (Å²) >= 11 is 0. The summed E-state index contributed by atoms with van der Waals surface area (Å²) < 4.78 is 38.2. The summed E-state index contributed by atoms with van der Waals surface area (Å²) in [6, 6.07) is 0. The number of ether oxygens (including phenoxy) is 1. The van der Waals surface area contributed by atoms with Gasteiger partial charge in [-0.3, -0.25) is 0 Å². The summed E-state index contributed by atoms with van der Waals surface area (Å²) in [5.74, 6) is 0. The minimum atomic E-state index is -4.62. The molecule has 0 aromatic rings. The molecule has 0 heterocycles. The van der Waals surface area contributed by atoms with Crippen molar-refractivity contribution in [1.82, 2.24) is 4.31 Å². The van der Waals surface area contributed by atoms with Gasteiger partial charge >= 0.3 is 10.4 Å². The molecule has 0 amide bonds. The summed E-state index contributed by atoms with van der Waals surface area (Å²) in [4.78, 5) is 0. The van der Waals surface area contributed by atoms with E-state index in [0.29, 0.717) is 4.31 Å². The lowest BCUT2D eigenvalue weighted by Crippen LogP contribution is -2.37. The summed E-state index contributed by atoms with van der Waals surface area (Å²) in [5, 5.41) is 0. The maximum atomic E-state index is 12.3. The Balaban J connectivity index is 4.42. The van der Waals surface area contributed by atoms with Gasteiger partial charge in [-0.25, -0.2) is 0 Å². The zero-order valence-electron chi connectivity index (χ0n) is 6.74. The molecule has 0 radical (unpaired) electrons. The van der Waals surface area contributed by atoms with E-state index in [2.05, 4.69) is 4.74 Å². The second-order valence-corrected chi connectivity index (χ2v) is 3.27. The Morgan fingerprint density at radius 2 is 2.09 bits per heavy atom. The van der Waals surface area contributed by atoms with Crippen LogP contribution in [0.15, 0.2) is 0 Å². The first-order valence-electron chi connectivity index (χ1n) is 3.17. The summed E-state index contributed by atoms with van der Waals surface area (Å²) in [5.41, 5.74) is 0. The third kappa shape index (κ3) is 3.13. The Bertz CT molecular complexity index is 204. The van der Waals surface area contributed by atoms with Gasteiger partial charge in [0.1, 0.15) is 6.23 Å². The van der Waals surface area contributed by atoms with Gasteiger partial charge in [0.25, 0.3) is 0 Å². The predicted octanol–water partition coefficient (Wildman–Crippen LogP) is 0.515. The summed E-state index contributed by atoms with van der Waals surface area (Å²) in [6.45, 7) is 3.06. The van der Waals surface area contributed by atoms with Crippen LogP contribution in [0.3, 0.4) is 0 Å². The Morgan fingerprint density at radius 3 is 2.18 bits per heavy atom. The molecule has 1 unspecified atom stereocenters. The normalized spacial score (nSPS) is 15.4. The van der Waals surface area contributed by atoms with E-state index < -0.39 is 16.6 Å². The number of rotatable bonds is 4. The Morgan fingerprint density at radius 1 is 1.64 bits per heavy atom. The minimum Gasteiger partial charge on any atom is -0.366 e. The average Bonchev–Trinajstić information content (AvgIpc) is 1.86. The highest BCUT2D eigenvalue weighted by molar-refractivity contribution is 7.83. The van der Waals surface area contributed by atoms with Crippen molar-refractivity contribution in [3.05, 3.63) is 0 Å². The van der Waals surface area contributed by atoms with E-state index in [1.165, 1.54) is 21.0 Å². The fraction of sp³-hybridized carbons (Fsp3) is 1.00. The van der Waals surface area contributed by atoms with E-state index in [-0.39, 0.29) is 6.54 Å². The predicted molar refractivity (Wildman–Crippen MR) is 38.9 cm³/mol. The molecule has 0 aliphatic rings. The first-order chi connectivity index (χ1) is 4.93. The molecular formula is C5H12FNO3S. The van der Waals surface area contributed by atoms with Crippen LogP contribution in [0.2, 0.25) is 0 Å². The molecule has 0 saturated heterocycles. The molecular weight excluding hydrogens is 173 g/mol. The molecule has 0 fully saturated rings. The van der Waals surface area contributed by atoms with Gasteiger partial charge in [0, 0.05) is 13.7 Å². The van der Waals surface area contributed by atoms with E-state index in [9.17, 15) is 12.3 Å². The van der Waals surface area contributed by atoms with Gasteiger partial charge in [0.05, 0.1) is 0 Å². The van der Waals surface area contributed by atoms with Crippen molar-refractivity contribution in [2.24, 2.45) is 0 Å². The van der Waals surface area contributed by atoms with Crippen molar-refractivity contribution in [2.75, 3.05) is 13.7 Å². The first-order valence-corrected chi connectivity index (χ1v) is 4.51. The van der Waals surface area contributed by atoms with Crippen LogP contribution in [0, 0.1) is 0 Å². The van der Waals surface area contributed by atoms with Crippen LogP contribution >= 0.6 is 0 Å². The van der Waals surface area contributed by atoms with E-state index >= 15 is 0 Å². The van der Waals surface area contributed by atoms with Crippen LogP contribution < -0.4 is 0 Å². The number of hydrogen-bond donors (Lipinski definition) is 0. The van der Waals surface area contributed by atoms with Crippen LogP contribution in [0.5, 0.6) is 0 Å². The fourth-order valence-corrected chi connectivity index (χ4v) is 1.46. The quantitative estimate of drug-likeness (QED) is 0.473. The van der Waals surface area contributed by atoms with E-state index in [1.807, 2.05) is 0 Å². The van der Waals surface area contributed by atoms with Crippen molar-refractivity contribution >= 4 is 10.4 Å². The third-order valence-electron chi connectivity index (χ3n) is 1.34. The highest BCUT2D eigenvalue weighted by Crippen LogP contribution is 2.07. The van der Waals surface area contributed by atoms with Gasteiger partial charge in [-0.15, -0.1) is 4.31 Å². The number of nitrogens with zero attached hydrogens (tertiary/aromatic N) is 1. The lowest BCUT2D eigenvalue weighted by Gasteiger charge is -2.20. The molecule has 0 aliphatic heterocycles. The molecule has 0 aliphatic carbocycles. The molecule has 0 bridgehead atoms. The highest BCUT2D eigenvalue weighted by atomic mass is 32.3. The van der Waals surface area contributed by atoms with Crippen molar-refractivity contribution in [3.8, 4) is 0 Å². The monoisotopic (exact) mass is 185 g/mol. The van der Waals surface area contributed by atoms with Crippen LogP contribution in [-0.2, 0) is 15.1 Å². The molecule has 6 heteroatoms. The van der Waals surface area contributed by atoms with Crippen LogP contribution in [0.1, 0.15) is 13.8 Å². The van der Waals surface area contributed by atoms with Crippen molar-refractivity contribution in [3.63, 3.8) is 0 Å². The summed E-state index contributed by atoms with van der Waals surface area (Å²) in [6.07, 6.45) is -0.755. The van der Waals surface area contributed by atoms with Gasteiger partial charge in [0.2, 0.25) is 0 Å². The SMILES string of the molecule is CCN(C(C)OC)S(=O)(=O)F. The van der Waals surface area contributed by atoms with Crippen LogP contribution in [0.25, 0.3) is 0 Å². The van der Waals surface area contributed by atoms with Crippen LogP contribution in [0.4, 0.5) is 3.89 Å². The van der Waals surface area contributed by atoms with Crippen LogP contribution in [-0.4, -0.2) is 32.6 Å². The fourth-order valence-electron chi connectivity index (χ4n) is 0.706. The number of methoxy groups -OCH3 is 1. The molecule has 0 spiro atoms. The molecule has 0 aromatic heterocycles. The second kappa shape index (κ2) is 3.99. The Hall–Kier alpha value is -0.200. The third-order valence-corrected chi connectivity index (χ3v) is 2.45.